The van der Waals surface area contributed by atoms with Gasteiger partial charge < -0.3 is 19.4 Å². The van der Waals surface area contributed by atoms with Gasteiger partial charge in [0.2, 0.25) is 5.95 Å². The lowest BCUT2D eigenvalue weighted by Gasteiger charge is -2.41. The van der Waals surface area contributed by atoms with E-state index >= 15 is 0 Å². The number of aromatic nitrogens is 3. The molecule has 1 atom stereocenters. The van der Waals surface area contributed by atoms with Crippen molar-refractivity contribution >= 4 is 23.2 Å². The van der Waals surface area contributed by atoms with E-state index in [1.54, 1.807) is 6.20 Å². The summed E-state index contributed by atoms with van der Waals surface area (Å²) in [5, 5.41) is 9.55. The van der Waals surface area contributed by atoms with Crippen molar-refractivity contribution < 1.29 is 4.74 Å². The van der Waals surface area contributed by atoms with E-state index in [-0.39, 0.29) is 11.5 Å². The number of pyridine rings is 1. The van der Waals surface area contributed by atoms with Crippen molar-refractivity contribution in [1.29, 1.82) is 5.26 Å². The number of allylic oxidation sites excluding steroid dienone is 5. The summed E-state index contributed by atoms with van der Waals surface area (Å²) < 4.78 is 5.57. The van der Waals surface area contributed by atoms with Gasteiger partial charge in [-0.15, -0.1) is 0 Å². The van der Waals surface area contributed by atoms with Crippen LogP contribution in [-0.4, -0.2) is 66.9 Å². The Morgan fingerprint density at radius 1 is 1.13 bits per heavy atom. The van der Waals surface area contributed by atoms with Crippen molar-refractivity contribution in [3.8, 4) is 6.07 Å². The monoisotopic (exact) mass is 513 g/mol. The Bertz CT molecular complexity index is 1250. The zero-order valence-electron chi connectivity index (χ0n) is 23.3. The second kappa shape index (κ2) is 11.8. The maximum Gasteiger partial charge on any atom is 0.228 e. The van der Waals surface area contributed by atoms with Crippen LogP contribution in [0.1, 0.15) is 45.9 Å². The SMILES string of the molecule is C=C/C(=C\C=C(/C)c1cc(N2CCN(c3ncccc3C#N)CC2C)nc(N2CCOCC2)n1)C(C)(C)C. The molecular formula is C30H39N7O. The minimum absolute atomic E-state index is 0.0163. The molecule has 2 saturated heterocycles. The molecule has 2 aromatic heterocycles. The second-order valence-electron chi connectivity index (χ2n) is 10.9. The Hall–Kier alpha value is -3.70. The topological polar surface area (TPSA) is 81.4 Å². The van der Waals surface area contributed by atoms with E-state index in [0.717, 1.165) is 61.6 Å². The largest absolute Gasteiger partial charge is 0.378 e. The Kier molecular flexibility index (Phi) is 8.48. The summed E-state index contributed by atoms with van der Waals surface area (Å²) in [6.07, 6.45) is 7.94. The highest BCUT2D eigenvalue weighted by molar-refractivity contribution is 5.67. The van der Waals surface area contributed by atoms with Crippen LogP contribution in [0.4, 0.5) is 17.6 Å². The number of anilines is 3. The lowest BCUT2D eigenvalue weighted by Crippen LogP contribution is -2.53. The van der Waals surface area contributed by atoms with Gasteiger partial charge in [-0.3, -0.25) is 0 Å². The Morgan fingerprint density at radius 2 is 1.89 bits per heavy atom. The molecule has 38 heavy (non-hydrogen) atoms. The summed E-state index contributed by atoms with van der Waals surface area (Å²) in [5.74, 6) is 2.41. The van der Waals surface area contributed by atoms with Crippen LogP contribution in [0.2, 0.25) is 0 Å². The Labute approximate surface area is 227 Å². The average Bonchev–Trinajstić information content (AvgIpc) is 2.92. The molecule has 0 bridgehead atoms. The molecule has 8 heteroatoms. The van der Waals surface area contributed by atoms with Crippen molar-refractivity contribution in [1.82, 2.24) is 15.0 Å². The molecule has 4 rings (SSSR count). The highest BCUT2D eigenvalue weighted by atomic mass is 16.5. The number of nitrogens with zero attached hydrogens (tertiary/aromatic N) is 7. The number of rotatable bonds is 6. The molecule has 2 aliphatic heterocycles. The van der Waals surface area contributed by atoms with Crippen LogP contribution in [-0.2, 0) is 4.74 Å². The fourth-order valence-electron chi connectivity index (χ4n) is 4.83. The zero-order chi connectivity index (χ0) is 27.3. The van der Waals surface area contributed by atoms with Gasteiger partial charge in [0.25, 0.3) is 0 Å². The first kappa shape index (κ1) is 27.3. The quantitative estimate of drug-likeness (QED) is 0.507. The normalized spacial score (nSPS) is 19.4. The fraction of sp³-hybridized carbons (Fsp3) is 0.467. The molecule has 0 amide bonds. The van der Waals surface area contributed by atoms with Crippen LogP contribution < -0.4 is 14.7 Å². The van der Waals surface area contributed by atoms with E-state index in [2.05, 4.69) is 85.2 Å². The number of morpholine rings is 1. The maximum atomic E-state index is 9.55. The smallest absolute Gasteiger partial charge is 0.228 e. The molecular weight excluding hydrogens is 474 g/mol. The molecule has 0 saturated carbocycles. The molecule has 2 fully saturated rings. The average molecular weight is 514 g/mol. The van der Waals surface area contributed by atoms with Gasteiger partial charge in [0.1, 0.15) is 17.7 Å². The molecule has 2 aromatic rings. The van der Waals surface area contributed by atoms with Gasteiger partial charge in [-0.25, -0.2) is 9.97 Å². The van der Waals surface area contributed by atoms with Gasteiger partial charge in [0.05, 0.1) is 24.5 Å². The van der Waals surface area contributed by atoms with Gasteiger partial charge in [-0.2, -0.15) is 10.2 Å². The summed E-state index contributed by atoms with van der Waals surface area (Å²) in [4.78, 5) is 21.3. The van der Waals surface area contributed by atoms with E-state index < -0.39 is 0 Å². The number of ether oxygens (including phenoxy) is 1. The minimum Gasteiger partial charge on any atom is -0.378 e. The van der Waals surface area contributed by atoms with Crippen molar-refractivity contribution in [2.24, 2.45) is 5.41 Å². The first-order valence-corrected chi connectivity index (χ1v) is 13.3. The summed E-state index contributed by atoms with van der Waals surface area (Å²) in [5.41, 5.74) is 3.79. The maximum absolute atomic E-state index is 9.55. The third kappa shape index (κ3) is 6.22. The van der Waals surface area contributed by atoms with Crippen molar-refractivity contribution in [2.75, 3.05) is 60.6 Å². The van der Waals surface area contributed by atoms with Crippen molar-refractivity contribution in [2.45, 2.75) is 40.7 Å². The second-order valence-corrected chi connectivity index (χ2v) is 10.9. The summed E-state index contributed by atoms with van der Waals surface area (Å²) in [7, 11) is 0. The Morgan fingerprint density at radius 3 is 2.55 bits per heavy atom. The van der Waals surface area contributed by atoms with Crippen LogP contribution in [0.3, 0.4) is 0 Å². The molecule has 8 nitrogen and oxygen atoms in total. The van der Waals surface area contributed by atoms with E-state index in [4.69, 9.17) is 14.7 Å². The molecule has 0 spiro atoms. The van der Waals surface area contributed by atoms with Gasteiger partial charge in [0, 0.05) is 51.0 Å². The number of nitriles is 1. The minimum atomic E-state index is 0.0163. The van der Waals surface area contributed by atoms with E-state index in [1.165, 1.54) is 5.57 Å². The van der Waals surface area contributed by atoms with Gasteiger partial charge in [0.15, 0.2) is 0 Å². The third-order valence-corrected chi connectivity index (χ3v) is 7.13. The highest BCUT2D eigenvalue weighted by Crippen LogP contribution is 2.29. The molecule has 0 N–H and O–H groups in total. The highest BCUT2D eigenvalue weighted by Gasteiger charge is 2.28. The molecule has 200 valence electrons. The molecule has 4 heterocycles. The van der Waals surface area contributed by atoms with Crippen molar-refractivity contribution in [3.63, 3.8) is 0 Å². The lowest BCUT2D eigenvalue weighted by atomic mass is 9.86. The van der Waals surface area contributed by atoms with Crippen LogP contribution in [0.15, 0.2) is 54.8 Å². The standard InChI is InChI=1S/C30H39N7O/c1-7-25(30(4,5)6)11-10-22(2)26-19-27(34-29(33-26)35-15-17-38-18-16-35)37-14-13-36(21-23(37)3)28-24(20-31)9-8-12-32-28/h7-12,19,23H,1,13-18,21H2,2-6H3/b22-10+,25-11+. The molecule has 0 aromatic carbocycles. The van der Waals surface area contributed by atoms with Gasteiger partial charge in [-0.05, 0) is 42.5 Å². The predicted molar refractivity (Wildman–Crippen MR) is 154 cm³/mol. The summed E-state index contributed by atoms with van der Waals surface area (Å²) in [6.45, 7) is 20.0. The third-order valence-electron chi connectivity index (χ3n) is 7.13. The number of hydrogen-bond acceptors (Lipinski definition) is 8. The van der Waals surface area contributed by atoms with E-state index in [0.29, 0.717) is 18.8 Å². The van der Waals surface area contributed by atoms with E-state index in [1.807, 2.05) is 18.2 Å². The zero-order valence-corrected chi connectivity index (χ0v) is 23.3. The number of hydrogen-bond donors (Lipinski definition) is 0. The van der Waals surface area contributed by atoms with Crippen LogP contribution >= 0.6 is 0 Å². The van der Waals surface area contributed by atoms with Crippen LogP contribution in [0.5, 0.6) is 0 Å². The summed E-state index contributed by atoms with van der Waals surface area (Å²) >= 11 is 0. The first-order valence-electron chi connectivity index (χ1n) is 13.3. The molecule has 0 aliphatic carbocycles. The van der Waals surface area contributed by atoms with Gasteiger partial charge in [-0.1, -0.05) is 45.6 Å². The van der Waals surface area contributed by atoms with Gasteiger partial charge >= 0.3 is 0 Å². The first-order chi connectivity index (χ1) is 18.2. The van der Waals surface area contributed by atoms with Crippen LogP contribution in [0, 0.1) is 16.7 Å². The Balaban J connectivity index is 1.66. The van der Waals surface area contributed by atoms with Crippen LogP contribution in [0.25, 0.3) is 5.57 Å². The predicted octanol–water partition coefficient (Wildman–Crippen LogP) is 4.86. The number of piperazine rings is 1. The van der Waals surface area contributed by atoms with E-state index in [9.17, 15) is 5.26 Å². The van der Waals surface area contributed by atoms with Crippen molar-refractivity contribution in [3.05, 3.63) is 66.0 Å². The molecule has 2 aliphatic rings. The summed E-state index contributed by atoms with van der Waals surface area (Å²) in [6, 6.07) is 8.18. The lowest BCUT2D eigenvalue weighted by molar-refractivity contribution is 0.122. The fourth-order valence-corrected chi connectivity index (χ4v) is 4.83. The molecule has 0 radical (unpaired) electrons. The molecule has 1 unspecified atom stereocenters.